The summed E-state index contributed by atoms with van der Waals surface area (Å²) in [4.78, 5) is 0. The van der Waals surface area contributed by atoms with Crippen molar-refractivity contribution in [2.75, 3.05) is 157 Å². The third-order valence-electron chi connectivity index (χ3n) is 9.49. The lowest BCUT2D eigenvalue weighted by atomic mass is 10.3. The summed E-state index contributed by atoms with van der Waals surface area (Å²) in [6.07, 6.45) is 19.8. The molecule has 1 heterocycles. The van der Waals surface area contributed by atoms with Gasteiger partial charge in [0.2, 0.25) is 0 Å². The van der Waals surface area contributed by atoms with Crippen molar-refractivity contribution in [2.45, 2.75) is 103 Å². The lowest BCUT2D eigenvalue weighted by molar-refractivity contribution is 0.526. The summed E-state index contributed by atoms with van der Waals surface area (Å²) < 4.78 is 0. The predicted molar refractivity (Wildman–Crippen MR) is 228 cm³/mol. The summed E-state index contributed by atoms with van der Waals surface area (Å²) in [5, 5.41) is 43.2. The van der Waals surface area contributed by atoms with E-state index in [1.165, 1.54) is 103 Å². The van der Waals surface area contributed by atoms with Crippen molar-refractivity contribution in [3.8, 4) is 0 Å². The topological polar surface area (TPSA) is 144 Å². The maximum atomic E-state index is 3.61. The molecule has 1 aliphatic heterocycles. The van der Waals surface area contributed by atoms with E-state index < -0.39 is 0 Å². The summed E-state index contributed by atoms with van der Waals surface area (Å²) in [5.41, 5.74) is 0. The first-order valence-electron chi connectivity index (χ1n) is 22.5. The van der Waals surface area contributed by atoms with Gasteiger partial charge in [0.25, 0.3) is 0 Å². The predicted octanol–water partition coefficient (Wildman–Crippen LogP) is 1.32. The number of hydrogen-bond donors (Lipinski definition) is 12. The smallest absolute Gasteiger partial charge is 0.00368 e. The van der Waals surface area contributed by atoms with Gasteiger partial charge in [0, 0.05) is 0 Å². The van der Waals surface area contributed by atoms with Gasteiger partial charge in [0.1, 0.15) is 0 Å². The Labute approximate surface area is 323 Å². The van der Waals surface area contributed by atoms with E-state index in [1.807, 2.05) is 0 Å². The van der Waals surface area contributed by atoms with Crippen molar-refractivity contribution in [1.82, 2.24) is 63.8 Å². The molecule has 0 aromatic rings. The third-order valence-corrected chi connectivity index (χ3v) is 9.49. The molecule has 0 unspecified atom stereocenters. The number of rotatable bonds is 0. The largest absolute Gasteiger partial charge is 0.317 e. The normalized spacial score (nSPS) is 24.0. The fraction of sp³-hybridized carbons (Fsp3) is 1.00. The summed E-state index contributed by atoms with van der Waals surface area (Å²) in [5.74, 6) is 0. The molecule has 12 N–H and O–H groups in total. The second kappa shape index (κ2) is 46.7. The quantitative estimate of drug-likeness (QED) is 0.174. The van der Waals surface area contributed by atoms with Gasteiger partial charge < -0.3 is 63.8 Å². The molecule has 0 spiro atoms. The van der Waals surface area contributed by atoms with Crippen molar-refractivity contribution in [3.63, 3.8) is 0 Å². The average Bonchev–Trinajstić information content (AvgIpc) is 3.15. The van der Waals surface area contributed by atoms with E-state index in [9.17, 15) is 0 Å². The molecule has 12 heteroatoms. The van der Waals surface area contributed by atoms with Gasteiger partial charge in [-0.15, -0.1) is 0 Å². The molecule has 0 aromatic carbocycles. The van der Waals surface area contributed by atoms with Crippen molar-refractivity contribution in [3.05, 3.63) is 0 Å². The van der Waals surface area contributed by atoms with Gasteiger partial charge in [-0.05, 0) is 260 Å². The first kappa shape index (κ1) is 49.5. The third kappa shape index (κ3) is 43.9. The fourth-order valence-electron chi connectivity index (χ4n) is 6.21. The van der Waals surface area contributed by atoms with Crippen molar-refractivity contribution < 1.29 is 0 Å². The molecule has 0 amide bonds. The van der Waals surface area contributed by atoms with E-state index >= 15 is 0 Å². The summed E-state index contributed by atoms with van der Waals surface area (Å²) in [6, 6.07) is 0. The average molecular weight is 741 g/mol. The fourth-order valence-corrected chi connectivity index (χ4v) is 6.21. The molecule has 1 saturated heterocycles. The highest BCUT2D eigenvalue weighted by Gasteiger charge is 1.97. The van der Waals surface area contributed by atoms with Gasteiger partial charge >= 0.3 is 0 Å². The van der Waals surface area contributed by atoms with Gasteiger partial charge in [-0.1, -0.05) is 0 Å². The first-order valence-corrected chi connectivity index (χ1v) is 22.5. The molecule has 0 radical (unpaired) electrons. The molecule has 0 saturated carbocycles. The highest BCUT2D eigenvalue weighted by Crippen LogP contribution is 1.90. The molecule has 312 valence electrons. The van der Waals surface area contributed by atoms with Crippen LogP contribution in [0.3, 0.4) is 0 Å². The Balaban J connectivity index is 2.00. The van der Waals surface area contributed by atoms with Crippen LogP contribution in [0.2, 0.25) is 0 Å². The standard InChI is InChI=1S/C40H92N12/c1-3-19-43-27-10-33-49-34-11-28-44-21-5-6-22-45-29-12-35-50-36-13-30-46-23-7-8-24-48-32-15-38-52-40-16-39-51-37-14-31-47-20-4-2-18-42-26-9-25-41-17-1/h41-52H,1-40H2. The van der Waals surface area contributed by atoms with Gasteiger partial charge in [-0.25, -0.2) is 0 Å². The van der Waals surface area contributed by atoms with E-state index in [1.54, 1.807) is 0 Å². The lowest BCUT2D eigenvalue weighted by Gasteiger charge is -2.09. The maximum absolute atomic E-state index is 3.61. The molecule has 1 rings (SSSR count). The van der Waals surface area contributed by atoms with Gasteiger partial charge in [-0.2, -0.15) is 0 Å². The van der Waals surface area contributed by atoms with Crippen LogP contribution in [0.15, 0.2) is 0 Å². The Hall–Kier alpha value is -0.480. The SMILES string of the molecule is C1CCNCCCNCCCNCCCCNCCCNCCCNCCCCNCCCNCCCNCCCNCCCCNCCCNC1. The van der Waals surface area contributed by atoms with Crippen LogP contribution in [0.5, 0.6) is 0 Å². The van der Waals surface area contributed by atoms with E-state index in [4.69, 9.17) is 0 Å². The molecule has 0 aliphatic carbocycles. The zero-order valence-corrected chi connectivity index (χ0v) is 34.3. The van der Waals surface area contributed by atoms with Crippen molar-refractivity contribution in [1.29, 1.82) is 0 Å². The molecule has 12 nitrogen and oxygen atoms in total. The molecular weight excluding hydrogens is 649 g/mol. The lowest BCUT2D eigenvalue weighted by Crippen LogP contribution is -2.27. The Bertz CT molecular complexity index is 337. The Kier molecular flexibility index (Phi) is 44.5. The Morgan fingerprint density at radius 3 is 0.269 bits per heavy atom. The van der Waals surface area contributed by atoms with Crippen LogP contribution >= 0.6 is 0 Å². The molecule has 1 fully saturated rings. The Morgan fingerprint density at radius 2 is 0.173 bits per heavy atom. The summed E-state index contributed by atoms with van der Waals surface area (Å²) >= 11 is 0. The van der Waals surface area contributed by atoms with Crippen molar-refractivity contribution in [2.24, 2.45) is 0 Å². The molecular formula is C40H92N12. The highest BCUT2D eigenvalue weighted by atomic mass is 14.9. The molecule has 0 bridgehead atoms. The minimum Gasteiger partial charge on any atom is -0.317 e. The minimum atomic E-state index is 1.11. The second-order valence-corrected chi connectivity index (χ2v) is 14.7. The zero-order chi connectivity index (χ0) is 36.8. The van der Waals surface area contributed by atoms with Gasteiger partial charge in [0.05, 0.1) is 0 Å². The zero-order valence-electron chi connectivity index (χ0n) is 34.3. The van der Waals surface area contributed by atoms with Crippen LogP contribution < -0.4 is 63.8 Å². The second-order valence-electron chi connectivity index (χ2n) is 14.7. The molecule has 52 heavy (non-hydrogen) atoms. The van der Waals surface area contributed by atoms with Crippen LogP contribution in [0.4, 0.5) is 0 Å². The van der Waals surface area contributed by atoms with E-state index in [0.717, 1.165) is 157 Å². The van der Waals surface area contributed by atoms with Crippen LogP contribution in [0, 0.1) is 0 Å². The van der Waals surface area contributed by atoms with Gasteiger partial charge in [0.15, 0.2) is 0 Å². The maximum Gasteiger partial charge on any atom is -0.00368 e. The first-order chi connectivity index (χ1) is 26.0. The van der Waals surface area contributed by atoms with Crippen LogP contribution in [-0.4, -0.2) is 157 Å². The molecule has 1 aliphatic rings. The summed E-state index contributed by atoms with van der Waals surface area (Å²) in [6.45, 7) is 27.0. The number of nitrogens with one attached hydrogen (secondary N) is 12. The van der Waals surface area contributed by atoms with E-state index in [-0.39, 0.29) is 0 Å². The van der Waals surface area contributed by atoms with Crippen LogP contribution in [0.25, 0.3) is 0 Å². The van der Waals surface area contributed by atoms with Crippen molar-refractivity contribution >= 4 is 0 Å². The Morgan fingerprint density at radius 1 is 0.0962 bits per heavy atom. The molecule has 0 aromatic heterocycles. The molecule has 0 atom stereocenters. The highest BCUT2D eigenvalue weighted by molar-refractivity contribution is 4.61. The van der Waals surface area contributed by atoms with Crippen LogP contribution in [0.1, 0.15) is 103 Å². The van der Waals surface area contributed by atoms with Crippen LogP contribution in [-0.2, 0) is 0 Å². The minimum absolute atomic E-state index is 1.11. The van der Waals surface area contributed by atoms with Gasteiger partial charge in [-0.3, -0.25) is 0 Å². The summed E-state index contributed by atoms with van der Waals surface area (Å²) in [7, 11) is 0. The monoisotopic (exact) mass is 741 g/mol. The van der Waals surface area contributed by atoms with E-state index in [0.29, 0.717) is 0 Å². The number of hydrogen-bond acceptors (Lipinski definition) is 12. The van der Waals surface area contributed by atoms with E-state index in [2.05, 4.69) is 63.8 Å².